The van der Waals surface area contributed by atoms with Crippen molar-refractivity contribution in [3.63, 3.8) is 0 Å². The van der Waals surface area contributed by atoms with Crippen LogP contribution < -0.4 is 0 Å². The second-order valence-electron chi connectivity index (χ2n) is 8.15. The first kappa shape index (κ1) is 60.0. The first-order valence-electron chi connectivity index (χ1n) is 14.1. The molecule has 3 radical (unpaired) electrons. The molecule has 0 saturated heterocycles. The standard InChI is InChI=1S/2C14H10.C3H8.C2H6N.2C2H6.4CH4.3Y/c2*1-2-6-12-10-14-8-4-3-7-13(14)9-11(12)5-1;1-3-2;1-2-3;2*1-2;;;;;;;/h2*1-10H;3H2,1-2H3;3H,2H2,1H3;2*1-2H3;4*1H4;;;/q;;;-1;;;;;;;;;. The van der Waals surface area contributed by atoms with Crippen molar-refractivity contribution in [3.8, 4) is 0 Å². The molecule has 0 aliphatic carbocycles. The van der Waals surface area contributed by atoms with Crippen LogP contribution in [0.4, 0.5) is 0 Å². The number of rotatable bonds is 0. The van der Waals surface area contributed by atoms with E-state index in [-0.39, 0.29) is 128 Å². The third-order valence-electron chi connectivity index (χ3n) is 5.23. The summed E-state index contributed by atoms with van der Waals surface area (Å²) in [5.41, 5.74) is 6.21. The van der Waals surface area contributed by atoms with E-state index in [0.717, 1.165) is 0 Å². The number of benzene rings is 6. The molecule has 45 heavy (non-hydrogen) atoms. The van der Waals surface area contributed by atoms with Crippen molar-refractivity contribution in [3.05, 3.63) is 127 Å². The van der Waals surface area contributed by atoms with E-state index < -0.39 is 0 Å². The summed E-state index contributed by atoms with van der Waals surface area (Å²) in [6.45, 7) is 14.5. The van der Waals surface area contributed by atoms with Gasteiger partial charge in [0.2, 0.25) is 0 Å². The van der Waals surface area contributed by atoms with Crippen molar-refractivity contribution in [2.75, 3.05) is 6.54 Å². The molecule has 1 nitrogen and oxygen atoms in total. The Morgan fingerprint density at radius 2 is 0.444 bits per heavy atom. The molecular formula is C41H62NY3-. The number of fused-ring (bicyclic) bond motifs is 4. The molecule has 0 heterocycles. The minimum Gasteiger partial charge on any atom is -0.678 e. The molecule has 0 saturated carbocycles. The predicted molar refractivity (Wildman–Crippen MR) is 203 cm³/mol. The first-order valence-corrected chi connectivity index (χ1v) is 14.1. The fraction of sp³-hybridized carbons (Fsp3) is 0.317. The molecule has 0 bridgehead atoms. The molecule has 0 amide bonds. The Kier molecular flexibility index (Phi) is 50.8. The van der Waals surface area contributed by atoms with E-state index in [4.69, 9.17) is 5.73 Å². The largest absolute Gasteiger partial charge is 0.678 e. The normalized spacial score (nSPS) is 7.82. The molecule has 241 valence electrons. The summed E-state index contributed by atoms with van der Waals surface area (Å²) in [5.74, 6) is 0. The number of nitrogens with one attached hydrogen (secondary N) is 1. The quantitative estimate of drug-likeness (QED) is 0.136. The Morgan fingerprint density at radius 3 is 0.533 bits per heavy atom. The fourth-order valence-corrected chi connectivity index (χ4v) is 3.77. The molecule has 0 aliphatic rings. The van der Waals surface area contributed by atoms with Gasteiger partial charge < -0.3 is 5.73 Å². The van der Waals surface area contributed by atoms with Gasteiger partial charge in [-0.2, -0.15) is 6.54 Å². The summed E-state index contributed by atoms with van der Waals surface area (Å²) in [7, 11) is 0. The minimum atomic E-state index is 0. The van der Waals surface area contributed by atoms with Crippen LogP contribution in [0.15, 0.2) is 121 Å². The van der Waals surface area contributed by atoms with Gasteiger partial charge in [-0.15, -0.1) is 0 Å². The predicted octanol–water partition coefficient (Wildman–Crippen LogP) is 15.1. The van der Waals surface area contributed by atoms with E-state index >= 15 is 0 Å². The topological polar surface area (TPSA) is 23.8 Å². The maximum atomic E-state index is 6.21. The van der Waals surface area contributed by atoms with Gasteiger partial charge in [0.05, 0.1) is 0 Å². The van der Waals surface area contributed by atoms with E-state index in [2.05, 4.69) is 135 Å². The Morgan fingerprint density at radius 1 is 0.356 bits per heavy atom. The van der Waals surface area contributed by atoms with Gasteiger partial charge in [-0.3, -0.25) is 0 Å². The number of hydrogen-bond donors (Lipinski definition) is 0. The van der Waals surface area contributed by atoms with Crippen molar-refractivity contribution in [1.82, 2.24) is 0 Å². The van der Waals surface area contributed by atoms with Crippen molar-refractivity contribution < 1.29 is 98.1 Å². The van der Waals surface area contributed by atoms with Gasteiger partial charge in [0.25, 0.3) is 0 Å². The molecule has 0 spiro atoms. The Hall–Kier alpha value is -0.368. The molecule has 0 aromatic heterocycles. The van der Waals surface area contributed by atoms with Gasteiger partial charge in [0.1, 0.15) is 0 Å². The van der Waals surface area contributed by atoms with E-state index in [1.165, 1.54) is 49.5 Å². The third kappa shape index (κ3) is 21.3. The van der Waals surface area contributed by atoms with Gasteiger partial charge in [0.15, 0.2) is 0 Å². The van der Waals surface area contributed by atoms with Crippen LogP contribution in [0.1, 0.15) is 84.6 Å². The van der Waals surface area contributed by atoms with Gasteiger partial charge in [-0.25, -0.2) is 0 Å². The summed E-state index contributed by atoms with van der Waals surface area (Å²) in [4.78, 5) is 0. The van der Waals surface area contributed by atoms with Crippen molar-refractivity contribution >= 4 is 43.1 Å². The van der Waals surface area contributed by atoms with E-state index in [9.17, 15) is 0 Å². The molecule has 6 aromatic rings. The van der Waals surface area contributed by atoms with Crippen LogP contribution in [0.5, 0.6) is 0 Å². The Balaban J connectivity index is -0.0000000892. The number of hydrogen-bond acceptors (Lipinski definition) is 0. The molecule has 4 heteroatoms. The minimum absolute atomic E-state index is 0. The average Bonchev–Trinajstić information content (AvgIpc) is 2.98. The summed E-state index contributed by atoms with van der Waals surface area (Å²) >= 11 is 0. The summed E-state index contributed by atoms with van der Waals surface area (Å²) in [6, 6.07) is 42.8. The third-order valence-corrected chi connectivity index (χ3v) is 5.23. The summed E-state index contributed by atoms with van der Waals surface area (Å²) < 4.78 is 0. The first-order chi connectivity index (χ1) is 18.7. The molecule has 6 rings (SSSR count). The summed E-state index contributed by atoms with van der Waals surface area (Å²) in [6.07, 6.45) is 1.25. The molecule has 0 atom stereocenters. The Bertz CT molecular complexity index is 1140. The van der Waals surface area contributed by atoms with E-state index in [0.29, 0.717) is 6.54 Å². The molecule has 0 fully saturated rings. The van der Waals surface area contributed by atoms with Gasteiger partial charge >= 0.3 is 0 Å². The molecule has 6 aromatic carbocycles. The smallest absolute Gasteiger partial charge is 0 e. The maximum absolute atomic E-state index is 6.21. The van der Waals surface area contributed by atoms with Crippen LogP contribution in [-0.2, 0) is 98.1 Å². The molecule has 1 N–H and O–H groups in total. The fourth-order valence-electron chi connectivity index (χ4n) is 3.77. The zero-order valence-corrected chi connectivity index (χ0v) is 34.7. The SMILES string of the molecule is C.C.C.C.CC.CC.CCC.CC[NH-].[Y].[Y].[Y].c1ccc2cc3ccccc3cc2c1.c1ccc2cc3ccccc3cc2c1. The van der Waals surface area contributed by atoms with Crippen LogP contribution in [0.3, 0.4) is 0 Å². The molecule has 0 unspecified atom stereocenters. The van der Waals surface area contributed by atoms with Crippen LogP contribution in [0.25, 0.3) is 48.8 Å². The van der Waals surface area contributed by atoms with Crippen LogP contribution in [0, 0.1) is 0 Å². The van der Waals surface area contributed by atoms with Gasteiger partial charge in [-0.1, -0.05) is 182 Å². The molecule has 0 aliphatic heterocycles. The second kappa shape index (κ2) is 38.1. The Labute approximate surface area is 355 Å². The molecular weight excluding hydrogens is 773 g/mol. The van der Waals surface area contributed by atoms with Gasteiger partial charge in [0, 0.05) is 98.1 Å². The van der Waals surface area contributed by atoms with E-state index in [1.54, 1.807) is 6.92 Å². The maximum Gasteiger partial charge on any atom is 0 e. The van der Waals surface area contributed by atoms with Crippen molar-refractivity contribution in [2.45, 2.75) is 84.6 Å². The van der Waals surface area contributed by atoms with Crippen molar-refractivity contribution in [1.29, 1.82) is 0 Å². The second-order valence-corrected chi connectivity index (χ2v) is 8.15. The van der Waals surface area contributed by atoms with Crippen LogP contribution in [-0.4, -0.2) is 6.54 Å². The van der Waals surface area contributed by atoms with Crippen LogP contribution >= 0.6 is 0 Å². The van der Waals surface area contributed by atoms with Crippen molar-refractivity contribution in [2.24, 2.45) is 0 Å². The van der Waals surface area contributed by atoms with Gasteiger partial charge in [-0.05, 0) is 67.4 Å². The zero-order valence-electron chi connectivity index (χ0n) is 26.2. The average molecular weight is 836 g/mol. The van der Waals surface area contributed by atoms with Crippen LogP contribution in [0.2, 0.25) is 0 Å². The zero-order chi connectivity index (χ0) is 28.2. The van der Waals surface area contributed by atoms with E-state index in [1.807, 2.05) is 27.7 Å². The monoisotopic (exact) mass is 835 g/mol. The summed E-state index contributed by atoms with van der Waals surface area (Å²) in [5, 5.41) is 10.5.